The third-order valence-corrected chi connectivity index (χ3v) is 4.52. The molecule has 2 aromatic rings. The summed E-state index contributed by atoms with van der Waals surface area (Å²) in [6.45, 7) is 2.02. The van der Waals surface area contributed by atoms with E-state index in [9.17, 15) is 9.90 Å². The quantitative estimate of drug-likeness (QED) is 0.835. The number of hydrogen-bond acceptors (Lipinski definition) is 2. The van der Waals surface area contributed by atoms with Gasteiger partial charge in [0.1, 0.15) is 6.04 Å². The summed E-state index contributed by atoms with van der Waals surface area (Å²) in [5.41, 5.74) is 3.81. The minimum absolute atomic E-state index is 0.0676. The summed E-state index contributed by atoms with van der Waals surface area (Å²) in [5.74, 6) is -0.943. The van der Waals surface area contributed by atoms with Crippen molar-refractivity contribution in [2.24, 2.45) is 0 Å². The number of fused-ring (bicyclic) bond motifs is 1. The number of halogens is 2. The van der Waals surface area contributed by atoms with Gasteiger partial charge in [-0.25, -0.2) is 4.79 Å². The molecule has 0 saturated heterocycles. The van der Waals surface area contributed by atoms with Gasteiger partial charge in [0.25, 0.3) is 0 Å². The Morgan fingerprint density at radius 3 is 2.73 bits per heavy atom. The Balaban J connectivity index is 2.15. The Hall–Kier alpha value is -1.71. The summed E-state index contributed by atoms with van der Waals surface area (Å²) in [4.78, 5) is 11.4. The first kappa shape index (κ1) is 15.2. The number of hydrogen-bond donors (Lipinski definition) is 2. The molecule has 0 saturated carbocycles. The van der Waals surface area contributed by atoms with Gasteiger partial charge < -0.3 is 10.4 Å². The van der Waals surface area contributed by atoms with E-state index in [1.165, 1.54) is 0 Å². The molecule has 0 fully saturated rings. The third-order valence-electron chi connectivity index (χ3n) is 3.99. The number of carbonyl (C=O) groups is 1. The number of rotatable bonds is 2. The van der Waals surface area contributed by atoms with Crippen LogP contribution in [0.25, 0.3) is 0 Å². The van der Waals surface area contributed by atoms with Crippen LogP contribution in [0.3, 0.4) is 0 Å². The molecule has 2 unspecified atom stereocenters. The third kappa shape index (κ3) is 2.79. The number of benzene rings is 2. The number of carboxylic acids is 1. The molecule has 3 rings (SSSR count). The summed E-state index contributed by atoms with van der Waals surface area (Å²) < 4.78 is 0. The summed E-state index contributed by atoms with van der Waals surface area (Å²) in [6, 6.07) is 10.9. The molecule has 0 bridgehead atoms. The topological polar surface area (TPSA) is 49.3 Å². The largest absolute Gasteiger partial charge is 0.480 e. The van der Waals surface area contributed by atoms with E-state index >= 15 is 0 Å². The van der Waals surface area contributed by atoms with E-state index in [-0.39, 0.29) is 5.92 Å². The number of carboxylic acid groups (broad SMARTS) is 1. The molecule has 3 nitrogen and oxygen atoms in total. The van der Waals surface area contributed by atoms with Crippen molar-refractivity contribution >= 4 is 34.9 Å². The average Bonchev–Trinajstić information content (AvgIpc) is 2.45. The van der Waals surface area contributed by atoms with Crippen molar-refractivity contribution in [2.75, 3.05) is 5.32 Å². The lowest BCUT2D eigenvalue weighted by Gasteiger charge is -2.32. The predicted molar refractivity (Wildman–Crippen MR) is 89.1 cm³/mol. The van der Waals surface area contributed by atoms with Crippen molar-refractivity contribution in [3.05, 3.63) is 63.1 Å². The Labute approximate surface area is 138 Å². The van der Waals surface area contributed by atoms with E-state index in [0.717, 1.165) is 16.7 Å². The smallest absolute Gasteiger partial charge is 0.326 e. The van der Waals surface area contributed by atoms with Crippen LogP contribution in [0, 0.1) is 6.92 Å². The predicted octanol–water partition coefficient (Wildman–Crippen LogP) is 4.70. The van der Waals surface area contributed by atoms with Gasteiger partial charge in [0.2, 0.25) is 0 Å². The molecule has 22 heavy (non-hydrogen) atoms. The highest BCUT2D eigenvalue weighted by Gasteiger charge is 2.33. The lowest BCUT2D eigenvalue weighted by Crippen LogP contribution is -2.35. The lowest BCUT2D eigenvalue weighted by atomic mass is 9.81. The Bertz CT molecular complexity index is 745. The fourth-order valence-electron chi connectivity index (χ4n) is 3.01. The molecule has 5 heteroatoms. The van der Waals surface area contributed by atoms with Gasteiger partial charge in [-0.3, -0.25) is 0 Å². The Morgan fingerprint density at radius 1 is 1.27 bits per heavy atom. The Morgan fingerprint density at radius 2 is 2.05 bits per heavy atom. The molecule has 0 amide bonds. The van der Waals surface area contributed by atoms with Gasteiger partial charge in [-0.15, -0.1) is 0 Å². The molecule has 0 aromatic heterocycles. The van der Waals surface area contributed by atoms with Crippen molar-refractivity contribution in [3.63, 3.8) is 0 Å². The fraction of sp³-hybridized carbons (Fsp3) is 0.235. The van der Waals surface area contributed by atoms with Crippen LogP contribution in [0.1, 0.15) is 29.0 Å². The number of aliphatic carboxylic acids is 1. The van der Waals surface area contributed by atoms with Gasteiger partial charge in [0.15, 0.2) is 0 Å². The van der Waals surface area contributed by atoms with E-state index in [2.05, 4.69) is 11.4 Å². The molecule has 2 atom stereocenters. The lowest BCUT2D eigenvalue weighted by molar-refractivity contribution is -0.138. The van der Waals surface area contributed by atoms with Gasteiger partial charge >= 0.3 is 5.97 Å². The first-order valence-electron chi connectivity index (χ1n) is 7.00. The maximum atomic E-state index is 11.4. The van der Waals surface area contributed by atoms with Crippen LogP contribution in [0.4, 0.5) is 5.69 Å². The molecule has 0 spiro atoms. The summed E-state index contributed by atoms with van der Waals surface area (Å²) in [6.07, 6.45) is 0.452. The molecule has 1 aliphatic heterocycles. The highest BCUT2D eigenvalue weighted by atomic mass is 35.5. The number of nitrogens with one attached hydrogen (secondary N) is 1. The molecule has 2 N–H and O–H groups in total. The molecule has 1 aliphatic rings. The fourth-order valence-corrected chi connectivity index (χ4v) is 3.64. The van der Waals surface area contributed by atoms with Gasteiger partial charge in [-0.1, -0.05) is 53.0 Å². The number of anilines is 1. The van der Waals surface area contributed by atoms with Crippen molar-refractivity contribution in [1.82, 2.24) is 0 Å². The minimum atomic E-state index is -0.876. The van der Waals surface area contributed by atoms with Crippen LogP contribution in [0.15, 0.2) is 36.4 Å². The van der Waals surface area contributed by atoms with Crippen molar-refractivity contribution < 1.29 is 9.90 Å². The van der Waals surface area contributed by atoms with Crippen molar-refractivity contribution in [1.29, 1.82) is 0 Å². The van der Waals surface area contributed by atoms with Crippen molar-refractivity contribution in [3.8, 4) is 0 Å². The van der Waals surface area contributed by atoms with Crippen LogP contribution in [0.5, 0.6) is 0 Å². The molecule has 0 aliphatic carbocycles. The molecule has 0 radical (unpaired) electrons. The number of aryl methyl sites for hydroxylation is 1. The molecular weight excluding hydrogens is 321 g/mol. The van der Waals surface area contributed by atoms with E-state index < -0.39 is 12.0 Å². The second-order valence-electron chi connectivity index (χ2n) is 5.59. The second-order valence-corrected chi connectivity index (χ2v) is 6.43. The van der Waals surface area contributed by atoms with Gasteiger partial charge in [-0.2, -0.15) is 0 Å². The highest BCUT2D eigenvalue weighted by molar-refractivity contribution is 6.35. The van der Waals surface area contributed by atoms with Crippen LogP contribution in [-0.4, -0.2) is 17.1 Å². The van der Waals surface area contributed by atoms with E-state index in [0.29, 0.717) is 22.2 Å². The van der Waals surface area contributed by atoms with Crippen molar-refractivity contribution in [2.45, 2.75) is 25.3 Å². The van der Waals surface area contributed by atoms with Gasteiger partial charge in [0.05, 0.1) is 0 Å². The van der Waals surface area contributed by atoms with E-state index in [1.807, 2.05) is 25.1 Å². The van der Waals surface area contributed by atoms with Gasteiger partial charge in [0, 0.05) is 27.2 Å². The summed E-state index contributed by atoms with van der Waals surface area (Å²) in [5, 5.41) is 13.5. The SMILES string of the molecule is Cc1cccc(C2CC(C(=O)O)Nc3cc(Cl)cc(Cl)c32)c1. The first-order chi connectivity index (χ1) is 10.5. The highest BCUT2D eigenvalue weighted by Crippen LogP contribution is 2.44. The van der Waals surface area contributed by atoms with Crippen LogP contribution in [0.2, 0.25) is 10.0 Å². The van der Waals surface area contributed by atoms with Crippen LogP contribution >= 0.6 is 23.2 Å². The molecular formula is C17H15Cl2NO2. The monoisotopic (exact) mass is 335 g/mol. The second kappa shape index (κ2) is 5.82. The summed E-state index contributed by atoms with van der Waals surface area (Å²) >= 11 is 12.4. The zero-order valence-corrected chi connectivity index (χ0v) is 13.4. The zero-order valence-electron chi connectivity index (χ0n) is 11.9. The molecule has 114 valence electrons. The standard InChI is InChI=1S/C17H15Cl2NO2/c1-9-3-2-4-10(5-9)12-8-15(17(21)22)20-14-7-11(18)6-13(19)16(12)14/h2-7,12,15,20H,8H2,1H3,(H,21,22). The maximum absolute atomic E-state index is 11.4. The normalized spacial score (nSPS) is 20.1. The van der Waals surface area contributed by atoms with Crippen LogP contribution < -0.4 is 5.32 Å². The average molecular weight is 336 g/mol. The van der Waals surface area contributed by atoms with E-state index in [4.69, 9.17) is 23.2 Å². The molecule has 1 heterocycles. The molecule has 2 aromatic carbocycles. The summed E-state index contributed by atoms with van der Waals surface area (Å²) in [7, 11) is 0. The minimum Gasteiger partial charge on any atom is -0.480 e. The van der Waals surface area contributed by atoms with Crippen LogP contribution in [-0.2, 0) is 4.79 Å². The maximum Gasteiger partial charge on any atom is 0.326 e. The van der Waals surface area contributed by atoms with E-state index in [1.54, 1.807) is 12.1 Å². The first-order valence-corrected chi connectivity index (χ1v) is 7.76. The zero-order chi connectivity index (χ0) is 15.9. The van der Waals surface area contributed by atoms with Gasteiger partial charge in [-0.05, 0) is 31.0 Å². The Kier molecular flexibility index (Phi) is 4.02.